The molecule has 0 spiro atoms. The van der Waals surface area contributed by atoms with E-state index in [1.807, 2.05) is 0 Å². The summed E-state index contributed by atoms with van der Waals surface area (Å²) in [6.07, 6.45) is 1.55. The van der Waals surface area contributed by atoms with Crippen LogP contribution >= 0.6 is 0 Å². The third-order valence-corrected chi connectivity index (χ3v) is 1.78. The van der Waals surface area contributed by atoms with Gasteiger partial charge in [-0.25, -0.2) is 0 Å². The Hall–Kier alpha value is -2.17. The number of nitro benzene ring substituents is 1. The van der Waals surface area contributed by atoms with Gasteiger partial charge in [0.05, 0.1) is 4.92 Å². The molecule has 5 heteroatoms. The molecule has 0 aliphatic heterocycles. The number of hydrogen-bond donors (Lipinski definition) is 1. The number of aromatic nitrogens is 2. The van der Waals surface area contributed by atoms with Crippen LogP contribution in [0.4, 0.5) is 5.69 Å². The average molecular weight is 188 g/mol. The van der Waals surface area contributed by atoms with Gasteiger partial charge in [-0.05, 0) is 0 Å². The summed E-state index contributed by atoms with van der Waals surface area (Å²) >= 11 is 0. The van der Waals surface area contributed by atoms with Crippen molar-refractivity contribution < 1.29 is 4.92 Å². The van der Waals surface area contributed by atoms with Crippen LogP contribution in [-0.2, 0) is 0 Å². The first-order valence-corrected chi connectivity index (χ1v) is 3.93. The second kappa shape index (κ2) is 3.29. The maximum absolute atomic E-state index is 10.5. The molecule has 0 atom stereocenters. The highest BCUT2D eigenvalue weighted by molar-refractivity contribution is 5.61. The Labute approximate surface area is 79.5 Å². The summed E-state index contributed by atoms with van der Waals surface area (Å²) < 4.78 is 0. The molecule has 14 heavy (non-hydrogen) atoms. The Balaban J connectivity index is 2.46. The van der Waals surface area contributed by atoms with Crippen LogP contribution in [0.2, 0.25) is 0 Å². The van der Waals surface area contributed by atoms with E-state index >= 15 is 0 Å². The van der Waals surface area contributed by atoms with Gasteiger partial charge in [0.25, 0.3) is 5.69 Å². The van der Waals surface area contributed by atoms with E-state index in [0.29, 0.717) is 11.3 Å². The summed E-state index contributed by atoms with van der Waals surface area (Å²) in [7, 11) is 0. The molecular formula is C9H6N3O2. The first-order chi connectivity index (χ1) is 6.77. The third kappa shape index (κ3) is 1.47. The van der Waals surface area contributed by atoms with Crippen LogP contribution in [0.5, 0.6) is 0 Å². The molecule has 0 fully saturated rings. The lowest BCUT2D eigenvalue weighted by Gasteiger charge is -1.95. The number of nitrogens with zero attached hydrogens (tertiary/aromatic N) is 2. The fourth-order valence-corrected chi connectivity index (χ4v) is 1.14. The van der Waals surface area contributed by atoms with Gasteiger partial charge >= 0.3 is 0 Å². The van der Waals surface area contributed by atoms with Crippen LogP contribution < -0.4 is 0 Å². The first-order valence-electron chi connectivity index (χ1n) is 3.93. The molecule has 1 aromatic heterocycles. The van der Waals surface area contributed by atoms with Gasteiger partial charge < -0.3 is 0 Å². The van der Waals surface area contributed by atoms with E-state index < -0.39 is 4.92 Å². The molecule has 2 aromatic rings. The molecule has 2 rings (SSSR count). The van der Waals surface area contributed by atoms with Crippen molar-refractivity contribution in [1.82, 2.24) is 10.2 Å². The number of non-ortho nitro benzene ring substituents is 1. The van der Waals surface area contributed by atoms with Crippen LogP contribution in [0, 0.1) is 16.2 Å². The van der Waals surface area contributed by atoms with Crippen molar-refractivity contribution in [3.05, 3.63) is 46.6 Å². The van der Waals surface area contributed by atoms with Crippen molar-refractivity contribution >= 4 is 5.69 Å². The maximum Gasteiger partial charge on any atom is 0.270 e. The van der Waals surface area contributed by atoms with Crippen LogP contribution in [-0.4, -0.2) is 15.1 Å². The lowest BCUT2D eigenvalue weighted by Crippen LogP contribution is -1.88. The molecule has 0 unspecified atom stereocenters. The van der Waals surface area contributed by atoms with Crippen molar-refractivity contribution in [3.63, 3.8) is 0 Å². The van der Waals surface area contributed by atoms with Gasteiger partial charge in [0.2, 0.25) is 0 Å². The van der Waals surface area contributed by atoms with Gasteiger partial charge in [-0.3, -0.25) is 15.2 Å². The largest absolute Gasteiger partial charge is 0.284 e. The topological polar surface area (TPSA) is 71.8 Å². The summed E-state index contributed by atoms with van der Waals surface area (Å²) in [4.78, 5) is 10.1. The van der Waals surface area contributed by atoms with Crippen LogP contribution in [0.1, 0.15) is 0 Å². The van der Waals surface area contributed by atoms with E-state index in [1.54, 1.807) is 18.3 Å². The Morgan fingerprint density at radius 3 is 3.00 bits per heavy atom. The molecule has 0 aliphatic carbocycles. The SMILES string of the molecule is O=[N+]([O-])c1cccc(-c2[c]c[nH]n2)c1. The highest BCUT2D eigenvalue weighted by Gasteiger charge is 2.07. The van der Waals surface area contributed by atoms with E-state index in [-0.39, 0.29) is 5.69 Å². The van der Waals surface area contributed by atoms with Crippen LogP contribution in [0.25, 0.3) is 11.3 Å². The molecule has 0 amide bonds. The van der Waals surface area contributed by atoms with Crippen molar-refractivity contribution in [2.24, 2.45) is 0 Å². The van der Waals surface area contributed by atoms with Crippen LogP contribution in [0.3, 0.4) is 0 Å². The molecule has 0 bridgehead atoms. The normalized spacial score (nSPS) is 10.0. The van der Waals surface area contributed by atoms with E-state index in [1.165, 1.54) is 12.1 Å². The second-order valence-electron chi connectivity index (χ2n) is 2.69. The summed E-state index contributed by atoms with van der Waals surface area (Å²) in [5, 5.41) is 17.0. The van der Waals surface area contributed by atoms with E-state index in [2.05, 4.69) is 16.3 Å². The molecule has 5 nitrogen and oxygen atoms in total. The van der Waals surface area contributed by atoms with Gasteiger partial charge in [0.15, 0.2) is 0 Å². The third-order valence-electron chi connectivity index (χ3n) is 1.78. The molecule has 0 saturated carbocycles. The van der Waals surface area contributed by atoms with E-state index in [0.717, 1.165) is 0 Å². The number of H-pyrrole nitrogens is 1. The van der Waals surface area contributed by atoms with Crippen molar-refractivity contribution in [3.8, 4) is 11.3 Å². The average Bonchev–Trinajstić information content (AvgIpc) is 2.71. The molecular weight excluding hydrogens is 182 g/mol. The van der Waals surface area contributed by atoms with Gasteiger partial charge in [0.1, 0.15) is 5.69 Å². The Morgan fingerprint density at radius 2 is 2.36 bits per heavy atom. The zero-order valence-corrected chi connectivity index (χ0v) is 7.10. The lowest BCUT2D eigenvalue weighted by molar-refractivity contribution is -0.384. The molecule has 0 aliphatic rings. The number of rotatable bonds is 2. The number of aromatic amines is 1. The molecule has 0 saturated heterocycles. The van der Waals surface area contributed by atoms with Crippen molar-refractivity contribution in [2.75, 3.05) is 0 Å². The number of nitro groups is 1. The van der Waals surface area contributed by atoms with E-state index in [9.17, 15) is 10.1 Å². The Kier molecular flexibility index (Phi) is 1.98. The standard InChI is InChI=1S/C9H6N3O2/c13-12(14)8-3-1-2-7(6-8)9-4-5-10-11-9/h1-3,5-6H,(H,10,11). The monoisotopic (exact) mass is 188 g/mol. The zero-order chi connectivity index (χ0) is 9.97. The minimum Gasteiger partial charge on any atom is -0.284 e. The van der Waals surface area contributed by atoms with Crippen molar-refractivity contribution in [2.45, 2.75) is 0 Å². The lowest BCUT2D eigenvalue weighted by atomic mass is 10.1. The van der Waals surface area contributed by atoms with Gasteiger partial charge in [-0.15, -0.1) is 0 Å². The Morgan fingerprint density at radius 1 is 1.50 bits per heavy atom. The van der Waals surface area contributed by atoms with Gasteiger partial charge in [0, 0.05) is 30.0 Å². The predicted molar refractivity (Wildman–Crippen MR) is 49.5 cm³/mol. The highest BCUT2D eigenvalue weighted by Crippen LogP contribution is 2.20. The summed E-state index contributed by atoms with van der Waals surface area (Å²) in [6.45, 7) is 0. The van der Waals surface area contributed by atoms with Crippen LogP contribution in [0.15, 0.2) is 30.5 Å². The van der Waals surface area contributed by atoms with Crippen molar-refractivity contribution in [1.29, 1.82) is 0 Å². The molecule has 1 aromatic carbocycles. The fourth-order valence-electron chi connectivity index (χ4n) is 1.14. The number of nitrogens with one attached hydrogen (secondary N) is 1. The molecule has 69 valence electrons. The quantitative estimate of drug-likeness (QED) is 0.576. The predicted octanol–water partition coefficient (Wildman–Crippen LogP) is 1.79. The molecule has 1 radical (unpaired) electrons. The number of benzene rings is 1. The fraction of sp³-hybridized carbons (Fsp3) is 0. The summed E-state index contributed by atoms with van der Waals surface area (Å²) in [5.41, 5.74) is 1.31. The second-order valence-corrected chi connectivity index (χ2v) is 2.69. The molecule has 1 N–H and O–H groups in total. The summed E-state index contributed by atoms with van der Waals surface area (Å²) in [5.74, 6) is 0. The van der Waals surface area contributed by atoms with E-state index in [4.69, 9.17) is 0 Å². The summed E-state index contributed by atoms with van der Waals surface area (Å²) in [6, 6.07) is 9.11. The minimum absolute atomic E-state index is 0.0545. The smallest absolute Gasteiger partial charge is 0.270 e. The highest BCUT2D eigenvalue weighted by atomic mass is 16.6. The molecule has 1 heterocycles. The van der Waals surface area contributed by atoms with Gasteiger partial charge in [-0.1, -0.05) is 12.1 Å². The Bertz CT molecular complexity index is 451. The number of hydrogen-bond acceptors (Lipinski definition) is 3. The minimum atomic E-state index is -0.434. The van der Waals surface area contributed by atoms with Gasteiger partial charge in [-0.2, -0.15) is 5.10 Å². The zero-order valence-electron chi connectivity index (χ0n) is 7.10. The first kappa shape index (κ1) is 8.43. The maximum atomic E-state index is 10.5.